The van der Waals surface area contributed by atoms with E-state index in [1.807, 2.05) is 30.0 Å². The number of ether oxygens (including phenoxy) is 1. The van der Waals surface area contributed by atoms with Crippen LogP contribution in [-0.4, -0.2) is 49.5 Å². The van der Waals surface area contributed by atoms with Gasteiger partial charge in [0.05, 0.1) is 18.7 Å². The summed E-state index contributed by atoms with van der Waals surface area (Å²) in [5.74, 6) is 0.974. The number of rotatable bonds is 4. The molecule has 0 radical (unpaired) electrons. The lowest BCUT2D eigenvalue weighted by molar-refractivity contribution is -0.139. The molecule has 3 atom stereocenters. The molecule has 3 unspecified atom stereocenters. The number of aryl methyl sites for hydroxylation is 1. The average molecular weight is 396 g/mol. The first kappa shape index (κ1) is 21.5. The largest absolute Gasteiger partial charge is 0.495 e. The van der Waals surface area contributed by atoms with Gasteiger partial charge in [0.25, 0.3) is 0 Å². The summed E-state index contributed by atoms with van der Waals surface area (Å²) in [7, 11) is 1.60. The number of anilines is 1. The lowest BCUT2D eigenvalue weighted by Gasteiger charge is -2.39. The fraction of sp³-hybridized carbons (Fsp3) is 0.600. The number of piperidine rings is 1. The van der Waals surface area contributed by atoms with Crippen molar-refractivity contribution in [1.29, 1.82) is 0 Å². The molecule has 2 aliphatic rings. The Morgan fingerprint density at radius 1 is 1.37 bits per heavy atom. The normalized spacial score (nSPS) is 25.3. The van der Waals surface area contributed by atoms with Crippen LogP contribution in [0.1, 0.15) is 31.7 Å². The van der Waals surface area contributed by atoms with Crippen LogP contribution < -0.4 is 15.4 Å². The van der Waals surface area contributed by atoms with Gasteiger partial charge in [0.2, 0.25) is 11.8 Å². The van der Waals surface area contributed by atoms with E-state index in [1.165, 1.54) is 0 Å². The lowest BCUT2D eigenvalue weighted by atomic mass is 9.91. The van der Waals surface area contributed by atoms with Gasteiger partial charge >= 0.3 is 0 Å². The zero-order chi connectivity index (χ0) is 18.8. The molecule has 2 N–H and O–H groups in total. The maximum Gasteiger partial charge on any atom is 0.228 e. The minimum Gasteiger partial charge on any atom is -0.495 e. The van der Waals surface area contributed by atoms with Crippen molar-refractivity contribution in [2.24, 2.45) is 17.6 Å². The molecule has 3 rings (SSSR count). The van der Waals surface area contributed by atoms with E-state index >= 15 is 0 Å². The van der Waals surface area contributed by atoms with E-state index in [4.69, 9.17) is 10.5 Å². The minimum atomic E-state index is -0.310. The van der Waals surface area contributed by atoms with Crippen molar-refractivity contribution in [2.45, 2.75) is 39.2 Å². The van der Waals surface area contributed by atoms with Gasteiger partial charge in [0.1, 0.15) is 5.75 Å². The smallest absolute Gasteiger partial charge is 0.228 e. The Morgan fingerprint density at radius 3 is 2.78 bits per heavy atom. The van der Waals surface area contributed by atoms with Crippen LogP contribution in [0, 0.1) is 18.8 Å². The van der Waals surface area contributed by atoms with Gasteiger partial charge in [-0.15, -0.1) is 12.4 Å². The molecule has 0 aliphatic carbocycles. The summed E-state index contributed by atoms with van der Waals surface area (Å²) in [6, 6.07) is 5.84. The SMILES string of the molecule is COc1ccc(C)cc1N1CC(C(=O)N2CCC(C)CC2CN)CC1=O.Cl. The number of methoxy groups -OCH3 is 1. The monoisotopic (exact) mass is 395 g/mol. The molecule has 27 heavy (non-hydrogen) atoms. The Kier molecular flexibility index (Phi) is 7.12. The van der Waals surface area contributed by atoms with Gasteiger partial charge in [-0.2, -0.15) is 0 Å². The van der Waals surface area contributed by atoms with Gasteiger partial charge < -0.3 is 20.3 Å². The van der Waals surface area contributed by atoms with E-state index in [0.717, 1.165) is 30.6 Å². The summed E-state index contributed by atoms with van der Waals surface area (Å²) in [5, 5.41) is 0. The first-order valence-electron chi connectivity index (χ1n) is 9.40. The van der Waals surface area contributed by atoms with E-state index in [1.54, 1.807) is 12.0 Å². The number of amides is 2. The highest BCUT2D eigenvalue weighted by atomic mass is 35.5. The predicted octanol–water partition coefficient (Wildman–Crippen LogP) is 2.36. The van der Waals surface area contributed by atoms with Crippen molar-refractivity contribution < 1.29 is 14.3 Å². The van der Waals surface area contributed by atoms with Crippen molar-refractivity contribution in [3.63, 3.8) is 0 Å². The highest BCUT2D eigenvalue weighted by Crippen LogP contribution is 2.35. The highest BCUT2D eigenvalue weighted by molar-refractivity contribution is 6.01. The van der Waals surface area contributed by atoms with Crippen molar-refractivity contribution >= 4 is 29.9 Å². The number of benzene rings is 1. The second-order valence-corrected chi connectivity index (χ2v) is 7.63. The van der Waals surface area contributed by atoms with Crippen molar-refractivity contribution in [2.75, 3.05) is 31.6 Å². The minimum absolute atomic E-state index is 0. The third-order valence-corrected chi connectivity index (χ3v) is 5.63. The summed E-state index contributed by atoms with van der Waals surface area (Å²) < 4.78 is 5.41. The highest BCUT2D eigenvalue weighted by Gasteiger charge is 2.40. The van der Waals surface area contributed by atoms with E-state index in [-0.39, 0.29) is 42.6 Å². The molecule has 150 valence electrons. The second kappa shape index (κ2) is 8.93. The summed E-state index contributed by atoms with van der Waals surface area (Å²) in [4.78, 5) is 29.3. The summed E-state index contributed by atoms with van der Waals surface area (Å²) in [6.07, 6.45) is 2.19. The number of hydrogen-bond acceptors (Lipinski definition) is 4. The van der Waals surface area contributed by atoms with Crippen LogP contribution in [0.2, 0.25) is 0 Å². The maximum atomic E-state index is 13.1. The van der Waals surface area contributed by atoms with Crippen LogP contribution in [0.15, 0.2) is 18.2 Å². The number of hydrogen-bond donors (Lipinski definition) is 1. The molecular formula is C20H30ClN3O3. The molecule has 0 aromatic heterocycles. The molecule has 2 saturated heterocycles. The number of likely N-dealkylation sites (tertiary alicyclic amines) is 1. The van der Waals surface area contributed by atoms with Crippen molar-refractivity contribution in [3.8, 4) is 5.75 Å². The van der Waals surface area contributed by atoms with Crippen LogP contribution in [0.5, 0.6) is 5.75 Å². The van der Waals surface area contributed by atoms with Crippen LogP contribution in [0.4, 0.5) is 5.69 Å². The number of carbonyl (C=O) groups is 2. The van der Waals surface area contributed by atoms with E-state index in [9.17, 15) is 9.59 Å². The number of carbonyl (C=O) groups excluding carboxylic acids is 2. The molecule has 1 aromatic rings. The Labute approximate surface area is 167 Å². The molecule has 0 saturated carbocycles. The average Bonchev–Trinajstić information content (AvgIpc) is 3.02. The van der Waals surface area contributed by atoms with Gasteiger partial charge in [0.15, 0.2) is 0 Å². The third-order valence-electron chi connectivity index (χ3n) is 5.63. The number of halogens is 1. The van der Waals surface area contributed by atoms with Crippen molar-refractivity contribution in [3.05, 3.63) is 23.8 Å². The molecule has 1 aromatic carbocycles. The third kappa shape index (κ3) is 4.38. The molecule has 2 fully saturated rings. The van der Waals surface area contributed by atoms with Gasteiger partial charge in [-0.05, 0) is 43.4 Å². The van der Waals surface area contributed by atoms with Gasteiger partial charge in [-0.25, -0.2) is 0 Å². The summed E-state index contributed by atoms with van der Waals surface area (Å²) >= 11 is 0. The zero-order valence-electron chi connectivity index (χ0n) is 16.3. The number of nitrogens with two attached hydrogens (primary N) is 1. The fourth-order valence-corrected chi connectivity index (χ4v) is 4.12. The zero-order valence-corrected chi connectivity index (χ0v) is 17.1. The Balaban J connectivity index is 0.00000261. The van der Waals surface area contributed by atoms with Crippen molar-refractivity contribution in [1.82, 2.24) is 4.90 Å². The van der Waals surface area contributed by atoms with Gasteiger partial charge in [0, 0.05) is 32.1 Å². The predicted molar refractivity (Wildman–Crippen MR) is 108 cm³/mol. The van der Waals surface area contributed by atoms with Gasteiger partial charge in [-0.1, -0.05) is 13.0 Å². The second-order valence-electron chi connectivity index (χ2n) is 7.63. The summed E-state index contributed by atoms with van der Waals surface area (Å²) in [5.41, 5.74) is 7.70. The maximum absolute atomic E-state index is 13.1. The van der Waals surface area contributed by atoms with Gasteiger partial charge in [-0.3, -0.25) is 9.59 Å². The molecule has 2 heterocycles. The Hall–Kier alpha value is -1.79. The molecule has 0 spiro atoms. The van der Waals surface area contributed by atoms with Crippen LogP contribution in [0.3, 0.4) is 0 Å². The Morgan fingerprint density at radius 2 is 2.11 bits per heavy atom. The Bertz CT molecular complexity index is 697. The quantitative estimate of drug-likeness (QED) is 0.849. The molecule has 2 aliphatic heterocycles. The fourth-order valence-electron chi connectivity index (χ4n) is 4.12. The van der Waals surface area contributed by atoms with E-state index in [0.29, 0.717) is 24.8 Å². The molecule has 6 nitrogen and oxygen atoms in total. The molecule has 2 amide bonds. The van der Waals surface area contributed by atoms with Crippen LogP contribution in [-0.2, 0) is 9.59 Å². The number of nitrogens with zero attached hydrogens (tertiary/aromatic N) is 2. The molecule has 0 bridgehead atoms. The topological polar surface area (TPSA) is 75.9 Å². The van der Waals surface area contributed by atoms with Crippen LogP contribution >= 0.6 is 12.4 Å². The van der Waals surface area contributed by atoms with E-state index < -0.39 is 0 Å². The van der Waals surface area contributed by atoms with E-state index in [2.05, 4.69) is 6.92 Å². The molecule has 7 heteroatoms. The first-order valence-corrected chi connectivity index (χ1v) is 9.40. The first-order chi connectivity index (χ1) is 12.4. The van der Waals surface area contributed by atoms with Crippen LogP contribution in [0.25, 0.3) is 0 Å². The molecular weight excluding hydrogens is 366 g/mol. The summed E-state index contributed by atoms with van der Waals surface area (Å²) in [6.45, 7) is 5.80. The lowest BCUT2D eigenvalue weighted by Crippen LogP contribution is -2.51. The standard InChI is InChI=1S/C20H29N3O3.ClH/c1-13-4-5-18(26-3)17(9-13)23-12-15(10-19(23)24)20(25)22-7-6-14(2)8-16(22)11-21;/h4-5,9,14-16H,6-8,10-12,21H2,1-3H3;1H.